The molecule has 9 heteroatoms. The van der Waals surface area contributed by atoms with E-state index >= 15 is 0 Å². The first-order valence-corrected chi connectivity index (χ1v) is 12.2. The number of piperazine rings is 1. The number of nitrogens with zero attached hydrogens (tertiary/aromatic N) is 2. The zero-order valence-electron chi connectivity index (χ0n) is 18.2. The Bertz CT molecular complexity index is 1150. The summed E-state index contributed by atoms with van der Waals surface area (Å²) < 4.78 is 23.1. The van der Waals surface area contributed by atoms with Gasteiger partial charge in [0, 0.05) is 67.7 Å². The van der Waals surface area contributed by atoms with E-state index in [0.29, 0.717) is 24.1 Å². The largest absolute Gasteiger partial charge is 0.340 e. The lowest BCUT2D eigenvalue weighted by Crippen LogP contribution is -2.47. The molecule has 0 aromatic heterocycles. The number of carbonyl (C=O) groups is 3. The van der Waals surface area contributed by atoms with Crippen LogP contribution in [0.1, 0.15) is 38.3 Å². The molecule has 0 radical (unpaired) electrons. The van der Waals surface area contributed by atoms with Crippen molar-refractivity contribution in [2.24, 2.45) is 5.73 Å². The van der Waals surface area contributed by atoms with Crippen molar-refractivity contribution in [3.63, 3.8) is 0 Å². The summed E-state index contributed by atoms with van der Waals surface area (Å²) in [6.07, 6.45) is 1.56. The Kier molecular flexibility index (Phi) is 7.22. The minimum Gasteiger partial charge on any atom is -0.340 e. The Balaban J connectivity index is 0.000000207. The van der Waals surface area contributed by atoms with Crippen molar-refractivity contribution in [1.82, 2.24) is 9.80 Å². The van der Waals surface area contributed by atoms with Crippen LogP contribution in [0.15, 0.2) is 47.4 Å². The number of fused-ring (bicyclic) bond motifs is 2. The summed E-state index contributed by atoms with van der Waals surface area (Å²) >= 11 is 0. The molecule has 4 rings (SSSR count). The molecular weight excluding hydrogens is 430 g/mol. The zero-order valence-corrected chi connectivity index (χ0v) is 19.0. The molecule has 8 nitrogen and oxygen atoms in total. The van der Waals surface area contributed by atoms with Gasteiger partial charge in [-0.3, -0.25) is 14.4 Å². The smallest absolute Gasteiger partial charge is 0.223 e. The molecule has 0 unspecified atom stereocenters. The minimum atomic E-state index is -3.42. The third-order valence-corrected chi connectivity index (χ3v) is 6.65. The van der Waals surface area contributed by atoms with Gasteiger partial charge >= 0.3 is 0 Å². The fraction of sp³-hybridized carbons (Fsp3) is 0.348. The lowest BCUT2D eigenvalue weighted by Gasteiger charge is -2.32. The first kappa shape index (κ1) is 23.8. The van der Waals surface area contributed by atoms with Crippen LogP contribution >= 0.6 is 0 Å². The highest BCUT2D eigenvalue weighted by Gasteiger charge is 2.30. The molecule has 1 fully saturated rings. The van der Waals surface area contributed by atoms with Crippen LogP contribution in [0.2, 0.25) is 0 Å². The van der Waals surface area contributed by atoms with E-state index in [4.69, 9.17) is 5.73 Å². The van der Waals surface area contributed by atoms with Crippen LogP contribution < -0.4 is 5.73 Å². The molecule has 2 aliphatic rings. The predicted molar refractivity (Wildman–Crippen MR) is 121 cm³/mol. The van der Waals surface area contributed by atoms with Crippen LogP contribution in [0.5, 0.6) is 0 Å². The van der Waals surface area contributed by atoms with Crippen molar-refractivity contribution < 1.29 is 22.8 Å². The third-order valence-electron chi connectivity index (χ3n) is 5.54. The van der Waals surface area contributed by atoms with E-state index in [-0.39, 0.29) is 33.5 Å². The van der Waals surface area contributed by atoms with Crippen molar-refractivity contribution in [3.8, 4) is 0 Å². The van der Waals surface area contributed by atoms with Crippen molar-refractivity contribution in [2.75, 3.05) is 46.0 Å². The van der Waals surface area contributed by atoms with Gasteiger partial charge in [0.05, 0.1) is 4.90 Å². The van der Waals surface area contributed by atoms with Gasteiger partial charge in [0.1, 0.15) is 0 Å². The summed E-state index contributed by atoms with van der Waals surface area (Å²) in [5.74, 6) is -0.374. The molecular formula is C23H27N3O5S. The van der Waals surface area contributed by atoms with Crippen LogP contribution in [-0.2, 0) is 14.6 Å². The van der Waals surface area contributed by atoms with Gasteiger partial charge in [-0.05, 0) is 25.2 Å². The highest BCUT2D eigenvalue weighted by atomic mass is 32.2. The number of nitrogens with two attached hydrogens (primary N) is 1. The highest BCUT2D eigenvalue weighted by Crippen LogP contribution is 2.28. The second kappa shape index (κ2) is 9.72. The van der Waals surface area contributed by atoms with Crippen LogP contribution in [0.4, 0.5) is 0 Å². The number of carbonyl (C=O) groups excluding carboxylic acids is 3. The summed E-state index contributed by atoms with van der Waals surface area (Å²) in [6.45, 7) is 4.14. The number of rotatable bonds is 3. The summed E-state index contributed by atoms with van der Waals surface area (Å²) in [7, 11) is -1.34. The van der Waals surface area contributed by atoms with Gasteiger partial charge in [-0.15, -0.1) is 0 Å². The molecule has 0 saturated carbocycles. The second-order valence-corrected chi connectivity index (χ2v) is 9.92. The summed E-state index contributed by atoms with van der Waals surface area (Å²) in [6, 6.07) is 10.6. The first-order chi connectivity index (χ1) is 15.1. The first-order valence-electron chi connectivity index (χ1n) is 10.3. The quantitative estimate of drug-likeness (QED) is 0.623. The molecule has 0 bridgehead atoms. The number of ketones is 2. The number of hydrogen-bond acceptors (Lipinski definition) is 7. The molecule has 1 saturated heterocycles. The molecule has 1 aliphatic carbocycles. The van der Waals surface area contributed by atoms with E-state index in [0.717, 1.165) is 32.4 Å². The van der Waals surface area contributed by atoms with Gasteiger partial charge in [-0.2, -0.15) is 0 Å². The SMILES string of the molecule is CN1CCN(C(=O)CCN)CC1.CS(=O)(=O)c1ccc2c(c1)C(=O)c1ccccc1C2=O. The maximum absolute atomic E-state index is 12.4. The standard InChI is InChI=1S/C15H10O4S.C8H17N3O/c1-20(18,19)9-6-7-12-13(8-9)15(17)11-5-3-2-4-10(11)14(12)16;1-10-4-6-11(7-5-10)8(12)2-3-9/h2-8H,1H3;2-7,9H2,1H3. The molecule has 2 aromatic rings. The van der Waals surface area contributed by atoms with Gasteiger partial charge in [0.25, 0.3) is 0 Å². The number of sulfone groups is 1. The third kappa shape index (κ3) is 5.12. The van der Waals surface area contributed by atoms with Crippen LogP contribution in [-0.4, -0.2) is 81.7 Å². The molecule has 1 amide bonds. The normalized spacial score (nSPS) is 16.0. The van der Waals surface area contributed by atoms with Gasteiger partial charge in [-0.25, -0.2) is 8.42 Å². The summed E-state index contributed by atoms with van der Waals surface area (Å²) in [5, 5.41) is 0. The molecule has 2 N–H and O–H groups in total. The van der Waals surface area contributed by atoms with Crippen LogP contribution in [0.25, 0.3) is 0 Å². The fourth-order valence-corrected chi connectivity index (χ4v) is 4.29. The van der Waals surface area contributed by atoms with E-state index in [1.54, 1.807) is 24.3 Å². The Hall–Kier alpha value is -2.88. The Morgan fingerprint density at radius 2 is 1.44 bits per heavy atom. The molecule has 0 atom stereocenters. The van der Waals surface area contributed by atoms with E-state index in [9.17, 15) is 22.8 Å². The van der Waals surface area contributed by atoms with E-state index in [1.807, 2.05) is 4.90 Å². The predicted octanol–water partition coefficient (Wildman–Crippen LogP) is 0.975. The fourth-order valence-electron chi connectivity index (χ4n) is 3.65. The van der Waals surface area contributed by atoms with E-state index < -0.39 is 9.84 Å². The molecule has 0 spiro atoms. The lowest BCUT2D eigenvalue weighted by molar-refractivity contribution is -0.132. The van der Waals surface area contributed by atoms with Crippen molar-refractivity contribution in [3.05, 3.63) is 64.7 Å². The van der Waals surface area contributed by atoms with E-state index in [1.165, 1.54) is 18.2 Å². The zero-order chi connectivity index (χ0) is 23.5. The second-order valence-electron chi connectivity index (χ2n) is 7.91. The Labute approximate surface area is 187 Å². The highest BCUT2D eigenvalue weighted by molar-refractivity contribution is 7.90. The molecule has 32 heavy (non-hydrogen) atoms. The monoisotopic (exact) mass is 457 g/mol. The summed E-state index contributed by atoms with van der Waals surface area (Å²) in [4.78, 5) is 40.2. The maximum atomic E-state index is 12.4. The van der Waals surface area contributed by atoms with Crippen molar-refractivity contribution in [1.29, 1.82) is 0 Å². The average Bonchev–Trinajstić information content (AvgIpc) is 2.77. The van der Waals surface area contributed by atoms with E-state index in [2.05, 4.69) is 11.9 Å². The molecule has 2 aromatic carbocycles. The minimum absolute atomic E-state index is 0.0387. The van der Waals surface area contributed by atoms with Crippen molar-refractivity contribution >= 4 is 27.3 Å². The summed E-state index contributed by atoms with van der Waals surface area (Å²) in [5.41, 5.74) is 6.38. The topological polar surface area (TPSA) is 118 Å². The van der Waals surface area contributed by atoms with Gasteiger partial charge < -0.3 is 15.5 Å². The number of likely N-dealkylation sites (N-methyl/N-ethyl adjacent to an activating group) is 1. The Morgan fingerprint density at radius 1 is 0.906 bits per heavy atom. The lowest BCUT2D eigenvalue weighted by atomic mass is 9.84. The van der Waals surface area contributed by atoms with Gasteiger partial charge in [-0.1, -0.05) is 24.3 Å². The van der Waals surface area contributed by atoms with Crippen LogP contribution in [0.3, 0.4) is 0 Å². The number of hydrogen-bond donors (Lipinski definition) is 1. The Morgan fingerprint density at radius 3 is 1.97 bits per heavy atom. The van der Waals surface area contributed by atoms with Gasteiger partial charge in [0.15, 0.2) is 21.4 Å². The van der Waals surface area contributed by atoms with Crippen molar-refractivity contribution in [2.45, 2.75) is 11.3 Å². The molecule has 1 heterocycles. The molecule has 1 aliphatic heterocycles. The maximum Gasteiger partial charge on any atom is 0.223 e. The van der Waals surface area contributed by atoms with Crippen LogP contribution in [0, 0.1) is 0 Å². The number of amides is 1. The van der Waals surface area contributed by atoms with Gasteiger partial charge in [0.2, 0.25) is 5.91 Å². The molecule has 170 valence electrons. The average molecular weight is 458 g/mol. The number of benzene rings is 2.